The average Bonchev–Trinajstić information content (AvgIpc) is 3.26. The number of nitrogens with zero attached hydrogens (tertiary/aromatic N) is 2. The second kappa shape index (κ2) is 9.82. The van der Waals surface area contributed by atoms with Crippen molar-refractivity contribution in [2.45, 2.75) is 25.4 Å². The minimum Gasteiger partial charge on any atom is -0.468 e. The summed E-state index contributed by atoms with van der Waals surface area (Å²) in [6.45, 7) is 0.784. The number of amides is 1. The molecule has 0 saturated carbocycles. The van der Waals surface area contributed by atoms with E-state index in [9.17, 15) is 9.59 Å². The van der Waals surface area contributed by atoms with E-state index in [1.165, 1.54) is 7.11 Å². The molecule has 1 aliphatic heterocycles. The van der Waals surface area contributed by atoms with Crippen molar-refractivity contribution in [1.29, 1.82) is 0 Å². The molecular formula is C23H23Cl2N5O3. The lowest BCUT2D eigenvalue weighted by Gasteiger charge is -2.24. The van der Waals surface area contributed by atoms with Gasteiger partial charge < -0.3 is 15.8 Å². The highest BCUT2D eigenvalue weighted by atomic mass is 35.5. The lowest BCUT2D eigenvalue weighted by Crippen LogP contribution is -2.32. The van der Waals surface area contributed by atoms with Crippen LogP contribution < -0.4 is 16.4 Å². The number of nitrogens with one attached hydrogen (secondary N) is 2. The SMILES string of the molecule is COC(=O)CN[C@H]1CCCn2nc(C(=O)Nc3cccc(-c4cccc(N)c4Cl)c3Cl)cc21. The average molecular weight is 488 g/mol. The molecule has 3 aromatic rings. The highest BCUT2D eigenvalue weighted by Crippen LogP contribution is 2.39. The van der Waals surface area contributed by atoms with Gasteiger partial charge in [-0.1, -0.05) is 47.5 Å². The first-order chi connectivity index (χ1) is 15.9. The second-order valence-corrected chi connectivity index (χ2v) is 8.42. The Morgan fingerprint density at radius 2 is 1.91 bits per heavy atom. The molecule has 2 aromatic carbocycles. The molecule has 0 fully saturated rings. The summed E-state index contributed by atoms with van der Waals surface area (Å²) in [6.07, 6.45) is 1.71. The Hall–Kier alpha value is -3.07. The number of hydrogen-bond acceptors (Lipinski definition) is 6. The van der Waals surface area contributed by atoms with Crippen LogP contribution in [0.4, 0.5) is 11.4 Å². The highest BCUT2D eigenvalue weighted by Gasteiger charge is 2.25. The Kier molecular flexibility index (Phi) is 6.88. The number of esters is 1. The van der Waals surface area contributed by atoms with E-state index in [0.717, 1.165) is 18.5 Å². The number of ether oxygens (including phenoxy) is 1. The molecule has 0 saturated heterocycles. The quantitative estimate of drug-likeness (QED) is 0.353. The number of hydrogen-bond donors (Lipinski definition) is 3. The Morgan fingerprint density at radius 3 is 2.67 bits per heavy atom. The van der Waals surface area contributed by atoms with Crippen LogP contribution in [0.2, 0.25) is 10.0 Å². The maximum Gasteiger partial charge on any atom is 0.319 e. The number of benzene rings is 2. The zero-order valence-corrected chi connectivity index (χ0v) is 19.4. The van der Waals surface area contributed by atoms with Crippen molar-refractivity contribution in [3.05, 3.63) is 63.9 Å². The van der Waals surface area contributed by atoms with Gasteiger partial charge in [0.1, 0.15) is 0 Å². The predicted octanol–water partition coefficient (Wildman–Crippen LogP) is 4.29. The van der Waals surface area contributed by atoms with Crippen molar-refractivity contribution in [2.75, 3.05) is 24.7 Å². The lowest BCUT2D eigenvalue weighted by atomic mass is 10.0. The summed E-state index contributed by atoms with van der Waals surface area (Å²) in [5.74, 6) is -0.735. The Labute approximate surface area is 201 Å². The molecule has 10 heteroatoms. The van der Waals surface area contributed by atoms with Crippen LogP contribution in [0, 0.1) is 0 Å². The Balaban J connectivity index is 1.56. The van der Waals surface area contributed by atoms with Crippen molar-refractivity contribution in [3.63, 3.8) is 0 Å². The van der Waals surface area contributed by atoms with Crippen LogP contribution in [-0.4, -0.2) is 35.3 Å². The van der Waals surface area contributed by atoms with Gasteiger partial charge in [0.15, 0.2) is 5.69 Å². The monoisotopic (exact) mass is 487 g/mol. The number of halogens is 2. The van der Waals surface area contributed by atoms with Crippen molar-refractivity contribution in [2.24, 2.45) is 0 Å². The first kappa shape index (κ1) is 23.1. The van der Waals surface area contributed by atoms with E-state index in [1.54, 1.807) is 35.0 Å². The van der Waals surface area contributed by atoms with E-state index in [1.807, 2.05) is 12.1 Å². The van der Waals surface area contributed by atoms with Crippen molar-refractivity contribution < 1.29 is 14.3 Å². The number of anilines is 2. The fraction of sp³-hybridized carbons (Fsp3) is 0.261. The predicted molar refractivity (Wildman–Crippen MR) is 128 cm³/mol. The third-order valence-corrected chi connectivity index (χ3v) is 6.38. The normalized spacial score (nSPS) is 15.1. The number of aryl methyl sites for hydroxylation is 1. The van der Waals surface area contributed by atoms with Crippen LogP contribution in [0.3, 0.4) is 0 Å². The van der Waals surface area contributed by atoms with Gasteiger partial charge in [0.25, 0.3) is 5.91 Å². The zero-order chi connectivity index (χ0) is 23.5. The minimum absolute atomic E-state index is 0.0861. The molecule has 33 heavy (non-hydrogen) atoms. The molecule has 0 spiro atoms. The molecule has 1 aliphatic rings. The van der Waals surface area contributed by atoms with Gasteiger partial charge in [-0.05, 0) is 31.0 Å². The molecule has 0 bridgehead atoms. The van der Waals surface area contributed by atoms with Crippen molar-refractivity contribution >= 4 is 46.5 Å². The van der Waals surface area contributed by atoms with E-state index >= 15 is 0 Å². The summed E-state index contributed by atoms with van der Waals surface area (Å²) in [6, 6.07) is 12.3. The standard InChI is InChI=1S/C23H23Cl2N5O3/c1-33-20(31)12-27-16-9-4-10-30-19(16)11-18(29-30)23(32)28-17-8-3-6-14(22(17)25)13-5-2-7-15(26)21(13)24/h2-3,5-8,11,16,27H,4,9-10,12,26H2,1H3,(H,28,32)/t16-/m0/s1. The summed E-state index contributed by atoms with van der Waals surface area (Å²) < 4.78 is 6.48. The van der Waals surface area contributed by atoms with Crippen LogP contribution in [0.5, 0.6) is 0 Å². The maximum absolute atomic E-state index is 13.0. The third-order valence-electron chi connectivity index (χ3n) is 5.55. The van der Waals surface area contributed by atoms with Gasteiger partial charge in [0, 0.05) is 23.7 Å². The van der Waals surface area contributed by atoms with E-state index in [4.69, 9.17) is 33.7 Å². The summed E-state index contributed by atoms with van der Waals surface area (Å²) in [5.41, 5.74) is 9.24. The van der Waals surface area contributed by atoms with Gasteiger partial charge in [-0.15, -0.1) is 0 Å². The molecule has 4 N–H and O–H groups in total. The molecule has 1 atom stereocenters. The van der Waals surface area contributed by atoms with Gasteiger partial charge in [-0.25, -0.2) is 0 Å². The zero-order valence-electron chi connectivity index (χ0n) is 17.9. The fourth-order valence-corrected chi connectivity index (χ4v) is 4.36. The van der Waals surface area contributed by atoms with E-state index in [-0.39, 0.29) is 30.2 Å². The van der Waals surface area contributed by atoms with Crippen LogP contribution in [0.15, 0.2) is 42.5 Å². The summed E-state index contributed by atoms with van der Waals surface area (Å²) in [5, 5.41) is 11.2. The number of rotatable bonds is 6. The minimum atomic E-state index is -0.388. The van der Waals surface area contributed by atoms with Crippen LogP contribution in [0.1, 0.15) is 35.1 Å². The number of fused-ring (bicyclic) bond motifs is 1. The number of carbonyl (C=O) groups excluding carboxylic acids is 2. The molecule has 0 radical (unpaired) electrons. The van der Waals surface area contributed by atoms with Crippen molar-refractivity contribution in [1.82, 2.24) is 15.1 Å². The number of nitrogens with two attached hydrogens (primary N) is 1. The number of nitrogen functional groups attached to an aromatic ring is 1. The lowest BCUT2D eigenvalue weighted by molar-refractivity contribution is -0.139. The summed E-state index contributed by atoms with van der Waals surface area (Å²) >= 11 is 13.0. The van der Waals surface area contributed by atoms with E-state index < -0.39 is 0 Å². The Morgan fingerprint density at radius 1 is 1.18 bits per heavy atom. The van der Waals surface area contributed by atoms with Gasteiger partial charge in [0.2, 0.25) is 0 Å². The first-order valence-electron chi connectivity index (χ1n) is 10.4. The van der Waals surface area contributed by atoms with Crippen LogP contribution in [-0.2, 0) is 16.1 Å². The fourth-order valence-electron chi connectivity index (χ4n) is 3.86. The highest BCUT2D eigenvalue weighted by molar-refractivity contribution is 6.39. The molecule has 2 heterocycles. The second-order valence-electron chi connectivity index (χ2n) is 7.66. The smallest absolute Gasteiger partial charge is 0.319 e. The van der Waals surface area contributed by atoms with Crippen molar-refractivity contribution in [3.8, 4) is 11.1 Å². The third kappa shape index (κ3) is 4.83. The first-order valence-corrected chi connectivity index (χ1v) is 11.2. The molecule has 1 amide bonds. The largest absolute Gasteiger partial charge is 0.468 e. The summed E-state index contributed by atoms with van der Waals surface area (Å²) in [4.78, 5) is 24.5. The van der Waals surface area contributed by atoms with Gasteiger partial charge >= 0.3 is 5.97 Å². The molecule has 0 aliphatic carbocycles. The van der Waals surface area contributed by atoms with E-state index in [2.05, 4.69) is 15.7 Å². The molecule has 8 nitrogen and oxygen atoms in total. The van der Waals surface area contributed by atoms with Gasteiger partial charge in [-0.3, -0.25) is 19.6 Å². The molecule has 0 unspecified atom stereocenters. The molecule has 4 rings (SSSR count). The molecule has 172 valence electrons. The van der Waals surface area contributed by atoms with Crippen LogP contribution >= 0.6 is 23.2 Å². The van der Waals surface area contributed by atoms with Crippen LogP contribution in [0.25, 0.3) is 11.1 Å². The maximum atomic E-state index is 13.0. The van der Waals surface area contributed by atoms with E-state index in [0.29, 0.717) is 39.1 Å². The number of methoxy groups -OCH3 is 1. The summed E-state index contributed by atoms with van der Waals surface area (Å²) in [7, 11) is 1.35. The Bertz CT molecular complexity index is 1210. The number of carbonyl (C=O) groups is 2. The molecular weight excluding hydrogens is 465 g/mol. The molecule has 1 aromatic heterocycles. The van der Waals surface area contributed by atoms with Gasteiger partial charge in [-0.2, -0.15) is 5.10 Å². The topological polar surface area (TPSA) is 111 Å². The van der Waals surface area contributed by atoms with Gasteiger partial charge in [0.05, 0.1) is 40.8 Å². The number of aromatic nitrogens is 2.